The van der Waals surface area contributed by atoms with Gasteiger partial charge in [0.2, 0.25) is 0 Å². The first kappa shape index (κ1) is 16.5. The smallest absolute Gasteiger partial charge is 0.313 e. The molecule has 2 bridgehead atoms. The third kappa shape index (κ3) is 1.98. The number of hydrogen-bond acceptors (Lipinski definition) is 4. The number of carbonyl (C=O) groups is 3. The summed E-state index contributed by atoms with van der Waals surface area (Å²) in [6.07, 6.45) is 1.05. The summed E-state index contributed by atoms with van der Waals surface area (Å²) in [6.45, 7) is 7.50. The first-order valence-electron chi connectivity index (χ1n) is 8.05. The number of ether oxygens (including phenoxy) is 1. The van der Waals surface area contributed by atoms with Crippen LogP contribution in [0, 0.1) is 17.8 Å². The SMILES string of the molecule is Cc1ccc(C(=O)NNC(=O)C23CCC(C)(C(=O)O2)C3(C)C)cc1. The van der Waals surface area contributed by atoms with Crippen molar-refractivity contribution >= 4 is 17.8 Å². The fraction of sp³-hybridized carbons (Fsp3) is 0.500. The van der Waals surface area contributed by atoms with Crippen LogP contribution in [0.25, 0.3) is 0 Å². The molecule has 6 nitrogen and oxygen atoms in total. The number of rotatable bonds is 2. The molecule has 1 heterocycles. The van der Waals surface area contributed by atoms with Crippen molar-refractivity contribution in [2.75, 3.05) is 0 Å². The van der Waals surface area contributed by atoms with Crippen LogP contribution in [0.5, 0.6) is 0 Å². The second kappa shape index (κ2) is 5.06. The fourth-order valence-corrected chi connectivity index (χ4v) is 3.74. The second-order valence-corrected chi connectivity index (χ2v) is 7.45. The average Bonchev–Trinajstić information content (AvgIpc) is 2.83. The van der Waals surface area contributed by atoms with E-state index in [4.69, 9.17) is 4.74 Å². The minimum absolute atomic E-state index is 0.348. The molecule has 3 rings (SSSR count). The predicted molar refractivity (Wildman–Crippen MR) is 86.7 cm³/mol. The molecule has 6 heteroatoms. The van der Waals surface area contributed by atoms with Crippen molar-refractivity contribution in [1.29, 1.82) is 0 Å². The molecule has 1 saturated carbocycles. The number of aryl methyl sites for hydroxylation is 1. The van der Waals surface area contributed by atoms with Gasteiger partial charge in [-0.2, -0.15) is 0 Å². The summed E-state index contributed by atoms with van der Waals surface area (Å²) in [5.74, 6) is -1.25. The molecular weight excluding hydrogens is 308 g/mol. The summed E-state index contributed by atoms with van der Waals surface area (Å²) >= 11 is 0. The van der Waals surface area contributed by atoms with Gasteiger partial charge in [-0.1, -0.05) is 31.5 Å². The van der Waals surface area contributed by atoms with Gasteiger partial charge < -0.3 is 4.74 Å². The summed E-state index contributed by atoms with van der Waals surface area (Å²) in [4.78, 5) is 37.0. The van der Waals surface area contributed by atoms with Gasteiger partial charge in [0.15, 0.2) is 5.60 Å². The van der Waals surface area contributed by atoms with Gasteiger partial charge in [0.05, 0.1) is 5.41 Å². The van der Waals surface area contributed by atoms with Gasteiger partial charge in [-0.3, -0.25) is 25.2 Å². The molecule has 2 unspecified atom stereocenters. The largest absolute Gasteiger partial charge is 0.448 e. The van der Waals surface area contributed by atoms with Crippen LogP contribution in [0.4, 0.5) is 0 Å². The topological polar surface area (TPSA) is 84.5 Å². The van der Waals surface area contributed by atoms with E-state index in [0.29, 0.717) is 18.4 Å². The van der Waals surface area contributed by atoms with Crippen molar-refractivity contribution in [1.82, 2.24) is 10.9 Å². The first-order valence-corrected chi connectivity index (χ1v) is 8.05. The second-order valence-electron chi connectivity index (χ2n) is 7.45. The third-order valence-corrected chi connectivity index (χ3v) is 6.05. The Hall–Kier alpha value is -2.37. The number of esters is 1. The van der Waals surface area contributed by atoms with Crippen LogP contribution in [0.15, 0.2) is 24.3 Å². The van der Waals surface area contributed by atoms with Crippen molar-refractivity contribution in [3.63, 3.8) is 0 Å². The number of carbonyl (C=O) groups excluding carboxylic acids is 3. The van der Waals surface area contributed by atoms with Crippen LogP contribution in [-0.2, 0) is 14.3 Å². The molecule has 2 amide bonds. The third-order valence-electron chi connectivity index (χ3n) is 6.05. The van der Waals surface area contributed by atoms with E-state index in [9.17, 15) is 14.4 Å². The Labute approximate surface area is 140 Å². The number of hydrogen-bond donors (Lipinski definition) is 2. The van der Waals surface area contributed by atoms with E-state index >= 15 is 0 Å². The Morgan fingerprint density at radius 2 is 1.67 bits per heavy atom. The zero-order valence-corrected chi connectivity index (χ0v) is 14.4. The fourth-order valence-electron chi connectivity index (χ4n) is 3.74. The minimum atomic E-state index is -1.24. The Kier molecular flexibility index (Phi) is 3.48. The van der Waals surface area contributed by atoms with Gasteiger partial charge in [-0.05, 0) is 38.8 Å². The lowest BCUT2D eigenvalue weighted by atomic mass is 9.66. The van der Waals surface area contributed by atoms with Crippen LogP contribution in [0.1, 0.15) is 49.5 Å². The summed E-state index contributed by atoms with van der Waals surface area (Å²) in [7, 11) is 0. The molecule has 2 atom stereocenters. The van der Waals surface area contributed by atoms with E-state index in [-0.39, 0.29) is 5.97 Å². The molecule has 1 aromatic carbocycles. The molecule has 1 saturated heterocycles. The van der Waals surface area contributed by atoms with Gasteiger partial charge in [0.1, 0.15) is 0 Å². The zero-order chi connectivity index (χ0) is 17.8. The number of fused-ring (bicyclic) bond motifs is 2. The maximum atomic E-state index is 12.7. The van der Waals surface area contributed by atoms with Crippen LogP contribution < -0.4 is 10.9 Å². The normalized spacial score (nSPS) is 29.9. The molecule has 128 valence electrons. The highest BCUT2D eigenvalue weighted by atomic mass is 16.6. The molecule has 0 aromatic heterocycles. The molecule has 0 radical (unpaired) electrons. The molecule has 1 aromatic rings. The standard InChI is InChI=1S/C18H22N2O4/c1-11-5-7-12(8-6-11)13(21)19-20-14(22)18-10-9-17(4,15(23)24-18)16(18,2)3/h5-8H,9-10H2,1-4H3,(H,19,21)(H,20,22). The monoisotopic (exact) mass is 330 g/mol. The highest BCUT2D eigenvalue weighted by Crippen LogP contribution is 2.65. The first-order chi connectivity index (χ1) is 11.1. The van der Waals surface area contributed by atoms with Gasteiger partial charge in [-0.15, -0.1) is 0 Å². The van der Waals surface area contributed by atoms with Crippen molar-refractivity contribution < 1.29 is 19.1 Å². The molecule has 1 aliphatic heterocycles. The van der Waals surface area contributed by atoms with E-state index in [1.165, 1.54) is 0 Å². The highest BCUT2D eigenvalue weighted by molar-refractivity contribution is 5.99. The summed E-state index contributed by atoms with van der Waals surface area (Å²) in [5, 5.41) is 0. The summed E-state index contributed by atoms with van der Waals surface area (Å²) < 4.78 is 5.48. The molecule has 24 heavy (non-hydrogen) atoms. The summed E-state index contributed by atoms with van der Waals surface area (Å²) in [5.41, 5.74) is 3.77. The Morgan fingerprint density at radius 3 is 2.17 bits per heavy atom. The van der Waals surface area contributed by atoms with Crippen molar-refractivity contribution in [2.45, 2.75) is 46.1 Å². The van der Waals surface area contributed by atoms with E-state index in [0.717, 1.165) is 5.56 Å². The quantitative estimate of drug-likeness (QED) is 0.640. The van der Waals surface area contributed by atoms with Crippen molar-refractivity contribution in [2.24, 2.45) is 10.8 Å². The number of hydrazine groups is 1. The highest BCUT2D eigenvalue weighted by Gasteiger charge is 2.75. The van der Waals surface area contributed by atoms with Crippen molar-refractivity contribution in [3.05, 3.63) is 35.4 Å². The lowest BCUT2D eigenvalue weighted by Crippen LogP contribution is -2.57. The maximum Gasteiger partial charge on any atom is 0.313 e. The number of benzene rings is 1. The number of amides is 2. The van der Waals surface area contributed by atoms with E-state index in [2.05, 4.69) is 10.9 Å². The Balaban J connectivity index is 1.73. The molecule has 2 fully saturated rings. The Bertz CT molecular complexity index is 725. The van der Waals surface area contributed by atoms with Gasteiger partial charge in [-0.25, -0.2) is 0 Å². The lowest BCUT2D eigenvalue weighted by molar-refractivity contribution is -0.168. The van der Waals surface area contributed by atoms with Gasteiger partial charge >= 0.3 is 5.97 Å². The van der Waals surface area contributed by atoms with Crippen LogP contribution in [0.3, 0.4) is 0 Å². The van der Waals surface area contributed by atoms with Gasteiger partial charge in [0.25, 0.3) is 11.8 Å². The minimum Gasteiger partial charge on any atom is -0.448 e. The molecule has 2 N–H and O–H groups in total. The molecule has 2 aliphatic rings. The average molecular weight is 330 g/mol. The van der Waals surface area contributed by atoms with E-state index in [1.807, 2.05) is 39.8 Å². The van der Waals surface area contributed by atoms with Crippen molar-refractivity contribution in [3.8, 4) is 0 Å². The van der Waals surface area contributed by atoms with Crippen LogP contribution in [-0.4, -0.2) is 23.4 Å². The molecule has 1 aliphatic carbocycles. The van der Waals surface area contributed by atoms with E-state index in [1.54, 1.807) is 12.1 Å². The van der Waals surface area contributed by atoms with E-state index < -0.39 is 28.2 Å². The zero-order valence-electron chi connectivity index (χ0n) is 14.4. The summed E-state index contributed by atoms with van der Waals surface area (Å²) in [6, 6.07) is 7.00. The maximum absolute atomic E-state index is 12.7. The van der Waals surface area contributed by atoms with Crippen LogP contribution in [0.2, 0.25) is 0 Å². The van der Waals surface area contributed by atoms with Gasteiger partial charge in [0, 0.05) is 11.0 Å². The Morgan fingerprint density at radius 1 is 1.04 bits per heavy atom. The predicted octanol–water partition coefficient (Wildman–Crippen LogP) is 1.88. The lowest BCUT2D eigenvalue weighted by Gasteiger charge is -2.35. The molecule has 0 spiro atoms. The number of nitrogens with one attached hydrogen (secondary N) is 2. The molecular formula is C18H22N2O4. The van der Waals surface area contributed by atoms with Crippen LogP contribution >= 0.6 is 0 Å².